The van der Waals surface area contributed by atoms with Gasteiger partial charge in [-0.3, -0.25) is 0 Å². The van der Waals surface area contributed by atoms with E-state index < -0.39 is 11.6 Å². The van der Waals surface area contributed by atoms with Gasteiger partial charge in [0.1, 0.15) is 11.6 Å². The Hall–Kier alpha value is -0.960. The number of halogens is 2. The van der Waals surface area contributed by atoms with Gasteiger partial charge < -0.3 is 5.32 Å². The minimum absolute atomic E-state index is 0.00382. The number of hydrogen-bond acceptors (Lipinski definition) is 1. The molecule has 1 atom stereocenters. The highest BCUT2D eigenvalue weighted by atomic mass is 19.1. The van der Waals surface area contributed by atoms with Crippen LogP contribution in [0.15, 0.2) is 18.2 Å². The van der Waals surface area contributed by atoms with Crippen molar-refractivity contribution in [1.82, 2.24) is 5.32 Å². The highest BCUT2D eigenvalue weighted by Gasteiger charge is 2.23. The van der Waals surface area contributed by atoms with Crippen molar-refractivity contribution in [2.75, 3.05) is 6.54 Å². The first-order chi connectivity index (χ1) is 9.26. The van der Waals surface area contributed by atoms with Gasteiger partial charge in [0, 0.05) is 18.2 Å². The number of nitrogens with one attached hydrogen (secondary N) is 1. The molecular formula is C17H27F2N. The van der Waals surface area contributed by atoms with E-state index in [1.807, 2.05) is 0 Å². The summed E-state index contributed by atoms with van der Waals surface area (Å²) in [6.45, 7) is 11.3. The molecule has 0 heterocycles. The van der Waals surface area contributed by atoms with Crippen molar-refractivity contribution in [2.45, 2.75) is 58.9 Å². The Balaban J connectivity index is 3.02. The third-order valence-electron chi connectivity index (χ3n) is 3.78. The summed E-state index contributed by atoms with van der Waals surface area (Å²) in [6.07, 6.45) is 2.01. The minimum atomic E-state index is -0.494. The molecule has 0 saturated carbocycles. The molecule has 0 aliphatic heterocycles. The number of benzene rings is 1. The van der Waals surface area contributed by atoms with Crippen molar-refractivity contribution in [3.63, 3.8) is 0 Å². The molecule has 0 fully saturated rings. The second kappa shape index (κ2) is 7.16. The number of hydrogen-bond donors (Lipinski definition) is 1. The largest absolute Gasteiger partial charge is 0.311 e. The van der Waals surface area contributed by atoms with Gasteiger partial charge in [0.15, 0.2) is 0 Å². The topological polar surface area (TPSA) is 12.0 Å². The van der Waals surface area contributed by atoms with Gasteiger partial charge >= 0.3 is 0 Å². The molecule has 0 radical (unpaired) electrons. The molecule has 0 saturated heterocycles. The maximum atomic E-state index is 13.5. The Morgan fingerprint density at radius 2 is 1.50 bits per heavy atom. The van der Waals surface area contributed by atoms with Crippen LogP contribution in [-0.2, 0) is 0 Å². The summed E-state index contributed by atoms with van der Waals surface area (Å²) in [5.74, 6) is -0.432. The molecule has 20 heavy (non-hydrogen) atoms. The second-order valence-electron chi connectivity index (χ2n) is 6.52. The molecule has 0 aliphatic carbocycles. The van der Waals surface area contributed by atoms with E-state index in [-0.39, 0.29) is 11.5 Å². The SMILES string of the molecule is CCC(CC)C(CNC(C)(C)C)c1cc(F)cc(F)c1. The number of rotatable bonds is 6. The molecule has 1 nitrogen and oxygen atoms in total. The Morgan fingerprint density at radius 3 is 1.90 bits per heavy atom. The van der Waals surface area contributed by atoms with Gasteiger partial charge in [-0.1, -0.05) is 26.7 Å². The van der Waals surface area contributed by atoms with E-state index in [0.29, 0.717) is 5.92 Å². The molecular weight excluding hydrogens is 256 g/mol. The lowest BCUT2D eigenvalue weighted by Crippen LogP contribution is -2.40. The van der Waals surface area contributed by atoms with Gasteiger partial charge in [0.05, 0.1) is 0 Å². The lowest BCUT2D eigenvalue weighted by molar-refractivity contribution is 0.333. The average Bonchev–Trinajstić information content (AvgIpc) is 2.31. The van der Waals surface area contributed by atoms with Crippen LogP contribution in [-0.4, -0.2) is 12.1 Å². The average molecular weight is 283 g/mol. The smallest absolute Gasteiger partial charge is 0.126 e. The second-order valence-corrected chi connectivity index (χ2v) is 6.52. The van der Waals surface area contributed by atoms with Crippen LogP contribution in [0.3, 0.4) is 0 Å². The molecule has 1 N–H and O–H groups in total. The third kappa shape index (κ3) is 5.20. The van der Waals surface area contributed by atoms with E-state index in [1.54, 1.807) is 0 Å². The van der Waals surface area contributed by atoms with Crippen molar-refractivity contribution in [3.8, 4) is 0 Å². The Morgan fingerprint density at radius 1 is 1.00 bits per heavy atom. The third-order valence-corrected chi connectivity index (χ3v) is 3.78. The summed E-state index contributed by atoms with van der Waals surface area (Å²) in [4.78, 5) is 0. The van der Waals surface area contributed by atoms with Gasteiger partial charge in [-0.2, -0.15) is 0 Å². The monoisotopic (exact) mass is 283 g/mol. The normalized spacial score (nSPS) is 13.8. The fourth-order valence-corrected chi connectivity index (χ4v) is 2.62. The van der Waals surface area contributed by atoms with Crippen LogP contribution >= 0.6 is 0 Å². The van der Waals surface area contributed by atoms with Crippen LogP contribution in [0, 0.1) is 17.6 Å². The van der Waals surface area contributed by atoms with Crippen molar-refractivity contribution in [1.29, 1.82) is 0 Å². The molecule has 3 heteroatoms. The quantitative estimate of drug-likeness (QED) is 0.785. The molecule has 114 valence electrons. The van der Waals surface area contributed by atoms with Crippen molar-refractivity contribution in [3.05, 3.63) is 35.4 Å². The van der Waals surface area contributed by atoms with E-state index in [0.717, 1.165) is 31.0 Å². The Kier molecular flexibility index (Phi) is 6.12. The zero-order valence-corrected chi connectivity index (χ0v) is 13.3. The first-order valence-corrected chi connectivity index (χ1v) is 7.47. The summed E-state index contributed by atoms with van der Waals surface area (Å²) in [7, 11) is 0. The first kappa shape index (κ1) is 17.1. The van der Waals surface area contributed by atoms with Gasteiger partial charge in [-0.25, -0.2) is 8.78 Å². The molecule has 0 spiro atoms. The van der Waals surface area contributed by atoms with Crippen molar-refractivity contribution >= 4 is 0 Å². The molecule has 0 aliphatic rings. The van der Waals surface area contributed by atoms with Crippen molar-refractivity contribution < 1.29 is 8.78 Å². The minimum Gasteiger partial charge on any atom is -0.311 e. The predicted molar refractivity (Wildman–Crippen MR) is 80.9 cm³/mol. The highest BCUT2D eigenvalue weighted by molar-refractivity contribution is 5.23. The molecule has 1 aromatic carbocycles. The summed E-state index contributed by atoms with van der Waals surface area (Å²) < 4.78 is 26.9. The van der Waals surface area contributed by atoms with Gasteiger partial charge in [0.2, 0.25) is 0 Å². The van der Waals surface area contributed by atoms with E-state index >= 15 is 0 Å². The van der Waals surface area contributed by atoms with Crippen LogP contribution in [0.4, 0.5) is 8.78 Å². The van der Waals surface area contributed by atoms with Crippen LogP contribution in [0.2, 0.25) is 0 Å². The maximum absolute atomic E-state index is 13.5. The van der Waals surface area contributed by atoms with Crippen LogP contribution in [0.1, 0.15) is 58.9 Å². The lowest BCUT2D eigenvalue weighted by atomic mass is 9.82. The molecule has 0 amide bonds. The molecule has 0 aromatic heterocycles. The Bertz CT molecular complexity index is 399. The van der Waals surface area contributed by atoms with Crippen LogP contribution in [0.25, 0.3) is 0 Å². The fraction of sp³-hybridized carbons (Fsp3) is 0.647. The maximum Gasteiger partial charge on any atom is 0.126 e. The van der Waals surface area contributed by atoms with E-state index in [4.69, 9.17) is 0 Å². The van der Waals surface area contributed by atoms with E-state index in [9.17, 15) is 8.78 Å². The summed E-state index contributed by atoms with van der Waals surface area (Å²) >= 11 is 0. The van der Waals surface area contributed by atoms with Crippen LogP contribution in [0.5, 0.6) is 0 Å². The zero-order chi connectivity index (χ0) is 15.3. The van der Waals surface area contributed by atoms with E-state index in [1.165, 1.54) is 12.1 Å². The van der Waals surface area contributed by atoms with Gasteiger partial charge in [0.25, 0.3) is 0 Å². The molecule has 0 bridgehead atoms. The van der Waals surface area contributed by atoms with Crippen LogP contribution < -0.4 is 5.32 Å². The standard InChI is InChI=1S/C17H27F2N/c1-6-12(7-2)16(11-20-17(3,4)5)13-8-14(18)10-15(19)9-13/h8-10,12,16,20H,6-7,11H2,1-5H3. The predicted octanol–water partition coefficient (Wildman–Crippen LogP) is 4.87. The fourth-order valence-electron chi connectivity index (χ4n) is 2.62. The lowest BCUT2D eigenvalue weighted by Gasteiger charge is -2.30. The molecule has 1 rings (SSSR count). The molecule has 1 aromatic rings. The first-order valence-electron chi connectivity index (χ1n) is 7.47. The summed E-state index contributed by atoms with van der Waals surface area (Å²) in [5.41, 5.74) is 0.754. The van der Waals surface area contributed by atoms with E-state index in [2.05, 4.69) is 39.9 Å². The van der Waals surface area contributed by atoms with Crippen molar-refractivity contribution in [2.24, 2.45) is 5.92 Å². The van der Waals surface area contributed by atoms with Gasteiger partial charge in [-0.05, 0) is 50.3 Å². The van der Waals surface area contributed by atoms with Gasteiger partial charge in [-0.15, -0.1) is 0 Å². The molecule has 1 unspecified atom stereocenters. The summed E-state index contributed by atoms with van der Waals surface area (Å²) in [5, 5.41) is 3.46. The summed E-state index contributed by atoms with van der Waals surface area (Å²) in [6, 6.07) is 3.87. The highest BCUT2D eigenvalue weighted by Crippen LogP contribution is 2.30. The Labute approximate surface area is 121 Å². The zero-order valence-electron chi connectivity index (χ0n) is 13.3.